The maximum Gasteiger partial charge on any atom is 0.273 e. The topological polar surface area (TPSA) is 84.5 Å². The van der Waals surface area contributed by atoms with E-state index in [2.05, 4.69) is 17.0 Å². The maximum atomic E-state index is 11.6. The highest BCUT2D eigenvalue weighted by Gasteiger charge is 2.16. The predicted octanol–water partition coefficient (Wildman–Crippen LogP) is 1.89. The second-order valence-corrected chi connectivity index (χ2v) is 6.65. The van der Waals surface area contributed by atoms with Crippen molar-refractivity contribution in [2.24, 2.45) is 0 Å². The lowest BCUT2D eigenvalue weighted by molar-refractivity contribution is 0.384. The molecule has 0 amide bonds. The van der Waals surface area contributed by atoms with Gasteiger partial charge in [0, 0.05) is 12.5 Å². The highest BCUT2D eigenvalue weighted by molar-refractivity contribution is 7.89. The number of rotatable bonds is 8. The molecule has 0 aliphatic heterocycles. The zero-order chi connectivity index (χ0) is 15.3. The molecule has 2 aromatic rings. The third-order valence-corrected chi connectivity index (χ3v) is 4.49. The Labute approximate surface area is 124 Å². The normalized spacial score (nSPS) is 13.4. The van der Waals surface area contributed by atoms with Crippen molar-refractivity contribution < 1.29 is 17.3 Å². The average Bonchev–Trinajstić information content (AvgIpc) is 3.14. The lowest BCUT2D eigenvalue weighted by Gasteiger charge is -2.11. The first-order valence-electron chi connectivity index (χ1n) is 6.79. The molecule has 21 heavy (non-hydrogen) atoms. The minimum atomic E-state index is -3.51. The van der Waals surface area contributed by atoms with E-state index in [-0.39, 0.29) is 11.1 Å². The first-order chi connectivity index (χ1) is 10.0. The zero-order valence-corrected chi connectivity index (χ0v) is 12.9. The molecule has 2 heterocycles. The summed E-state index contributed by atoms with van der Waals surface area (Å²) >= 11 is 0. The average molecular weight is 312 g/mol. The summed E-state index contributed by atoms with van der Waals surface area (Å²) in [4.78, 5) is 0. The minimum Gasteiger partial charge on any atom is -0.469 e. The van der Waals surface area contributed by atoms with Crippen LogP contribution in [0.3, 0.4) is 0 Å². The Balaban J connectivity index is 1.80. The van der Waals surface area contributed by atoms with Crippen molar-refractivity contribution in [2.75, 3.05) is 7.05 Å². The lowest BCUT2D eigenvalue weighted by atomic mass is 10.1. The van der Waals surface area contributed by atoms with Gasteiger partial charge in [-0.3, -0.25) is 0 Å². The van der Waals surface area contributed by atoms with Crippen LogP contribution in [0.5, 0.6) is 0 Å². The summed E-state index contributed by atoms with van der Waals surface area (Å²) in [6, 6.07) is 7.21. The van der Waals surface area contributed by atoms with E-state index >= 15 is 0 Å². The summed E-state index contributed by atoms with van der Waals surface area (Å²) in [5.41, 5.74) is 0. The molecule has 0 aromatic carbocycles. The van der Waals surface area contributed by atoms with Crippen LogP contribution in [0.15, 0.2) is 44.5 Å². The lowest BCUT2D eigenvalue weighted by Crippen LogP contribution is -2.25. The third kappa shape index (κ3) is 4.45. The number of aryl methyl sites for hydroxylation is 1. The van der Waals surface area contributed by atoms with Crippen LogP contribution in [0.4, 0.5) is 0 Å². The van der Waals surface area contributed by atoms with E-state index in [1.807, 2.05) is 12.1 Å². The largest absolute Gasteiger partial charge is 0.469 e. The van der Waals surface area contributed by atoms with E-state index in [0.29, 0.717) is 12.3 Å². The molecule has 2 N–H and O–H groups in total. The Hall–Kier alpha value is -1.57. The van der Waals surface area contributed by atoms with Crippen molar-refractivity contribution in [1.29, 1.82) is 0 Å². The van der Waals surface area contributed by atoms with Crippen LogP contribution in [-0.4, -0.2) is 21.5 Å². The SMILES string of the molecule is CNS(=O)(=O)c1ccc(CNC(C)CCc2ccco2)o1. The van der Waals surface area contributed by atoms with E-state index in [1.54, 1.807) is 12.3 Å². The standard InChI is InChI=1S/C14H20N2O4S/c1-11(5-6-12-4-3-9-19-12)16-10-13-7-8-14(20-13)21(17,18)15-2/h3-4,7-9,11,15-16H,5-6,10H2,1-2H3. The van der Waals surface area contributed by atoms with Gasteiger partial charge in [0.1, 0.15) is 11.5 Å². The molecule has 116 valence electrons. The van der Waals surface area contributed by atoms with E-state index < -0.39 is 10.0 Å². The number of hydrogen-bond donors (Lipinski definition) is 2. The molecule has 7 heteroatoms. The first-order valence-corrected chi connectivity index (χ1v) is 8.27. The number of furan rings is 2. The Morgan fingerprint density at radius 1 is 1.24 bits per heavy atom. The van der Waals surface area contributed by atoms with Crippen molar-refractivity contribution in [1.82, 2.24) is 10.0 Å². The van der Waals surface area contributed by atoms with Gasteiger partial charge in [0.25, 0.3) is 10.0 Å². The second-order valence-electron chi connectivity index (χ2n) is 4.83. The van der Waals surface area contributed by atoms with Crippen molar-refractivity contribution in [3.05, 3.63) is 42.0 Å². The van der Waals surface area contributed by atoms with Crippen molar-refractivity contribution in [3.63, 3.8) is 0 Å². The van der Waals surface area contributed by atoms with Crippen LogP contribution in [0.2, 0.25) is 0 Å². The smallest absolute Gasteiger partial charge is 0.273 e. The van der Waals surface area contributed by atoms with Crippen molar-refractivity contribution >= 4 is 10.0 Å². The third-order valence-electron chi connectivity index (χ3n) is 3.20. The summed E-state index contributed by atoms with van der Waals surface area (Å²) in [6.45, 7) is 2.55. The number of nitrogens with one attached hydrogen (secondary N) is 2. The monoisotopic (exact) mass is 312 g/mol. The Kier molecular flexibility index (Phi) is 5.22. The Morgan fingerprint density at radius 3 is 2.71 bits per heavy atom. The molecule has 0 aliphatic rings. The summed E-state index contributed by atoms with van der Waals surface area (Å²) < 4.78 is 35.9. The molecule has 0 radical (unpaired) electrons. The molecule has 0 saturated heterocycles. The van der Waals surface area contributed by atoms with Gasteiger partial charge >= 0.3 is 0 Å². The summed E-state index contributed by atoms with van der Waals surface area (Å²) in [5, 5.41) is 3.23. The van der Waals surface area contributed by atoms with Gasteiger partial charge in [-0.25, -0.2) is 13.1 Å². The molecule has 6 nitrogen and oxygen atoms in total. The first kappa shape index (κ1) is 15.8. The molecule has 0 bridgehead atoms. The zero-order valence-electron chi connectivity index (χ0n) is 12.1. The maximum absolute atomic E-state index is 11.6. The van der Waals surface area contributed by atoms with Gasteiger partial charge in [-0.05, 0) is 44.7 Å². The van der Waals surface area contributed by atoms with E-state index in [0.717, 1.165) is 18.6 Å². The van der Waals surface area contributed by atoms with Crippen LogP contribution < -0.4 is 10.0 Å². The van der Waals surface area contributed by atoms with Crippen LogP contribution in [0.1, 0.15) is 24.9 Å². The van der Waals surface area contributed by atoms with Gasteiger partial charge < -0.3 is 14.2 Å². The number of sulfonamides is 1. The van der Waals surface area contributed by atoms with Crippen LogP contribution >= 0.6 is 0 Å². The van der Waals surface area contributed by atoms with Crippen LogP contribution in [0.25, 0.3) is 0 Å². The molecule has 1 atom stereocenters. The van der Waals surface area contributed by atoms with Gasteiger partial charge in [0.15, 0.2) is 0 Å². The molecule has 0 spiro atoms. The molecule has 1 unspecified atom stereocenters. The Morgan fingerprint density at radius 2 is 2.05 bits per heavy atom. The summed E-state index contributed by atoms with van der Waals surface area (Å²) in [5.74, 6) is 1.55. The second kappa shape index (κ2) is 6.93. The predicted molar refractivity (Wildman–Crippen MR) is 78.3 cm³/mol. The van der Waals surface area contributed by atoms with Gasteiger partial charge in [0.2, 0.25) is 5.09 Å². The van der Waals surface area contributed by atoms with Crippen molar-refractivity contribution in [2.45, 2.75) is 37.4 Å². The van der Waals surface area contributed by atoms with E-state index in [4.69, 9.17) is 8.83 Å². The molecular formula is C14H20N2O4S. The van der Waals surface area contributed by atoms with Gasteiger partial charge in [-0.2, -0.15) is 0 Å². The minimum absolute atomic E-state index is 0.0648. The van der Waals surface area contributed by atoms with Gasteiger partial charge in [-0.1, -0.05) is 0 Å². The van der Waals surface area contributed by atoms with Crippen molar-refractivity contribution in [3.8, 4) is 0 Å². The fraction of sp³-hybridized carbons (Fsp3) is 0.429. The molecule has 0 saturated carbocycles. The molecule has 0 aliphatic carbocycles. The van der Waals surface area contributed by atoms with E-state index in [1.165, 1.54) is 13.1 Å². The molecule has 2 aromatic heterocycles. The molecule has 0 fully saturated rings. The van der Waals surface area contributed by atoms with E-state index in [9.17, 15) is 8.42 Å². The van der Waals surface area contributed by atoms with Crippen LogP contribution in [0, 0.1) is 0 Å². The highest BCUT2D eigenvalue weighted by Crippen LogP contribution is 2.13. The molecule has 2 rings (SSSR count). The highest BCUT2D eigenvalue weighted by atomic mass is 32.2. The fourth-order valence-corrected chi connectivity index (χ4v) is 2.55. The summed E-state index contributed by atoms with van der Waals surface area (Å²) in [7, 11) is -2.16. The quantitative estimate of drug-likeness (QED) is 0.777. The Bertz CT molecular complexity index is 646. The van der Waals surface area contributed by atoms with Crippen LogP contribution in [-0.2, 0) is 23.0 Å². The van der Waals surface area contributed by atoms with Gasteiger partial charge in [-0.15, -0.1) is 0 Å². The summed E-state index contributed by atoms with van der Waals surface area (Å²) in [6.07, 6.45) is 3.45. The molecular weight excluding hydrogens is 292 g/mol. The fourth-order valence-electron chi connectivity index (χ4n) is 1.89. The number of hydrogen-bond acceptors (Lipinski definition) is 5. The van der Waals surface area contributed by atoms with Gasteiger partial charge in [0.05, 0.1) is 12.8 Å².